The van der Waals surface area contributed by atoms with E-state index in [-0.39, 0.29) is 24.0 Å². The van der Waals surface area contributed by atoms with Crippen molar-refractivity contribution in [1.29, 1.82) is 0 Å². The predicted molar refractivity (Wildman–Crippen MR) is 98.7 cm³/mol. The highest BCUT2D eigenvalue weighted by Crippen LogP contribution is 2.38. The van der Waals surface area contributed by atoms with E-state index in [9.17, 15) is 4.79 Å². The van der Waals surface area contributed by atoms with Crippen molar-refractivity contribution >= 4 is 11.6 Å². The minimum absolute atomic E-state index is 0.0797. The fourth-order valence-electron chi connectivity index (χ4n) is 4.52. The molecular formula is C20H29N3O2. The first-order chi connectivity index (χ1) is 12.2. The van der Waals surface area contributed by atoms with Crippen LogP contribution >= 0.6 is 0 Å². The Kier molecular flexibility index (Phi) is 4.95. The number of carbonyl (C=O) groups is 1. The highest BCUT2D eigenvalue weighted by atomic mass is 16.5. The predicted octanol–water partition coefficient (Wildman–Crippen LogP) is 1.88. The van der Waals surface area contributed by atoms with Crippen LogP contribution in [0.3, 0.4) is 0 Å². The van der Waals surface area contributed by atoms with E-state index in [1.54, 1.807) is 0 Å². The van der Waals surface area contributed by atoms with Crippen molar-refractivity contribution in [2.45, 2.75) is 44.4 Å². The van der Waals surface area contributed by atoms with E-state index in [2.05, 4.69) is 52.4 Å². The highest BCUT2D eigenvalue weighted by Gasteiger charge is 2.44. The van der Waals surface area contributed by atoms with Crippen LogP contribution in [0.2, 0.25) is 0 Å². The Morgan fingerprint density at radius 1 is 1.20 bits per heavy atom. The van der Waals surface area contributed by atoms with Crippen LogP contribution in [0, 0.1) is 5.92 Å². The molecule has 25 heavy (non-hydrogen) atoms. The molecule has 5 heteroatoms. The second kappa shape index (κ2) is 7.34. The third-order valence-corrected chi connectivity index (χ3v) is 5.86. The van der Waals surface area contributed by atoms with Gasteiger partial charge in [0.05, 0.1) is 18.1 Å². The van der Waals surface area contributed by atoms with Gasteiger partial charge in [-0.1, -0.05) is 18.2 Å². The van der Waals surface area contributed by atoms with Crippen LogP contribution in [-0.4, -0.2) is 61.8 Å². The van der Waals surface area contributed by atoms with Crippen LogP contribution in [0.5, 0.6) is 0 Å². The fourth-order valence-corrected chi connectivity index (χ4v) is 4.52. The van der Waals surface area contributed by atoms with Crippen molar-refractivity contribution in [2.75, 3.05) is 37.6 Å². The molecule has 0 spiro atoms. The maximum atomic E-state index is 12.5. The van der Waals surface area contributed by atoms with Crippen molar-refractivity contribution in [2.24, 2.45) is 5.92 Å². The molecule has 1 aromatic carbocycles. The Morgan fingerprint density at radius 3 is 2.60 bits per heavy atom. The van der Waals surface area contributed by atoms with Crippen LogP contribution in [-0.2, 0) is 9.53 Å². The monoisotopic (exact) mass is 343 g/mol. The second-order valence-corrected chi connectivity index (χ2v) is 7.75. The average molecular weight is 343 g/mol. The second-order valence-electron chi connectivity index (χ2n) is 7.75. The van der Waals surface area contributed by atoms with Gasteiger partial charge in [-0.3, -0.25) is 9.69 Å². The standard InChI is InChI=1S/C20H29N3O2/c1-15(21-20(24)18-13-17-7-8-19(18)25-17)14-22-9-11-23(12-10-22)16-5-3-2-4-6-16/h2-6,15,17-19H,7-14H2,1H3,(H,21,24)/t15-,17+,18+,19+/m0/s1. The van der Waals surface area contributed by atoms with Gasteiger partial charge in [0, 0.05) is 44.5 Å². The van der Waals surface area contributed by atoms with Crippen molar-refractivity contribution in [3.05, 3.63) is 30.3 Å². The Labute approximate surface area is 150 Å². The van der Waals surface area contributed by atoms with E-state index >= 15 is 0 Å². The molecule has 3 aliphatic rings. The van der Waals surface area contributed by atoms with Gasteiger partial charge in [-0.25, -0.2) is 0 Å². The molecule has 1 N–H and O–H groups in total. The fraction of sp³-hybridized carbons (Fsp3) is 0.650. The number of ether oxygens (including phenoxy) is 1. The number of carbonyl (C=O) groups excluding carboxylic acids is 1. The summed E-state index contributed by atoms with van der Waals surface area (Å²) >= 11 is 0. The molecule has 3 heterocycles. The lowest BCUT2D eigenvalue weighted by Gasteiger charge is -2.37. The molecule has 1 amide bonds. The summed E-state index contributed by atoms with van der Waals surface area (Å²) in [5.41, 5.74) is 1.31. The first kappa shape index (κ1) is 16.9. The highest BCUT2D eigenvalue weighted by molar-refractivity contribution is 5.80. The molecule has 0 aromatic heterocycles. The summed E-state index contributed by atoms with van der Waals surface area (Å²) < 4.78 is 5.81. The van der Waals surface area contributed by atoms with Gasteiger partial charge in [0.1, 0.15) is 0 Å². The minimum Gasteiger partial charge on any atom is -0.374 e. The normalized spacial score (nSPS) is 30.4. The quantitative estimate of drug-likeness (QED) is 0.887. The van der Waals surface area contributed by atoms with Gasteiger partial charge in [-0.05, 0) is 38.3 Å². The van der Waals surface area contributed by atoms with Gasteiger partial charge in [-0.2, -0.15) is 0 Å². The minimum atomic E-state index is 0.0797. The van der Waals surface area contributed by atoms with Crippen LogP contribution in [0.15, 0.2) is 30.3 Å². The summed E-state index contributed by atoms with van der Waals surface area (Å²) in [7, 11) is 0. The smallest absolute Gasteiger partial charge is 0.226 e. The summed E-state index contributed by atoms with van der Waals surface area (Å²) in [6.45, 7) is 7.24. The summed E-state index contributed by atoms with van der Waals surface area (Å²) in [6.07, 6.45) is 3.61. The number of piperazine rings is 1. The number of anilines is 1. The Bertz CT molecular complexity index is 586. The van der Waals surface area contributed by atoms with E-state index < -0.39 is 0 Å². The lowest BCUT2D eigenvalue weighted by molar-refractivity contribution is -0.127. The molecule has 1 aromatic rings. The van der Waals surface area contributed by atoms with E-state index in [1.165, 1.54) is 5.69 Å². The molecule has 4 rings (SSSR count). The largest absolute Gasteiger partial charge is 0.374 e. The van der Waals surface area contributed by atoms with E-state index in [0.29, 0.717) is 6.10 Å². The van der Waals surface area contributed by atoms with Crippen LogP contribution in [0.25, 0.3) is 0 Å². The lowest BCUT2D eigenvalue weighted by Crippen LogP contribution is -2.51. The molecule has 3 aliphatic heterocycles. The number of benzene rings is 1. The van der Waals surface area contributed by atoms with Gasteiger partial charge in [-0.15, -0.1) is 0 Å². The molecule has 3 saturated heterocycles. The number of hydrogen-bond donors (Lipinski definition) is 1. The molecule has 0 radical (unpaired) electrons. The molecule has 2 bridgehead atoms. The van der Waals surface area contributed by atoms with E-state index in [4.69, 9.17) is 4.74 Å². The number of nitrogens with zero attached hydrogens (tertiary/aromatic N) is 2. The third kappa shape index (κ3) is 3.82. The summed E-state index contributed by atoms with van der Waals surface area (Å²) in [5.74, 6) is 0.277. The number of para-hydroxylation sites is 1. The van der Waals surface area contributed by atoms with E-state index in [1.807, 2.05) is 0 Å². The molecule has 5 nitrogen and oxygen atoms in total. The Morgan fingerprint density at radius 2 is 1.96 bits per heavy atom. The van der Waals surface area contributed by atoms with Crippen molar-refractivity contribution in [1.82, 2.24) is 10.2 Å². The van der Waals surface area contributed by atoms with Gasteiger partial charge < -0.3 is 15.0 Å². The first-order valence-electron chi connectivity index (χ1n) is 9.67. The molecule has 136 valence electrons. The molecule has 4 atom stereocenters. The number of hydrogen-bond acceptors (Lipinski definition) is 4. The molecule has 0 unspecified atom stereocenters. The van der Waals surface area contributed by atoms with Gasteiger partial charge in [0.15, 0.2) is 0 Å². The number of rotatable bonds is 5. The first-order valence-corrected chi connectivity index (χ1v) is 9.67. The third-order valence-electron chi connectivity index (χ3n) is 5.86. The zero-order chi connectivity index (χ0) is 17.2. The summed E-state index contributed by atoms with van der Waals surface area (Å²) in [6, 6.07) is 10.8. The maximum Gasteiger partial charge on any atom is 0.226 e. The zero-order valence-corrected chi connectivity index (χ0v) is 15.1. The number of nitrogens with one attached hydrogen (secondary N) is 1. The summed E-state index contributed by atoms with van der Waals surface area (Å²) in [5, 5.41) is 3.22. The average Bonchev–Trinajstić information content (AvgIpc) is 3.26. The zero-order valence-electron chi connectivity index (χ0n) is 15.1. The molecule has 3 fully saturated rings. The van der Waals surface area contributed by atoms with Crippen molar-refractivity contribution in [3.8, 4) is 0 Å². The topological polar surface area (TPSA) is 44.8 Å². The molecule has 0 saturated carbocycles. The Balaban J connectivity index is 1.21. The number of amides is 1. The van der Waals surface area contributed by atoms with E-state index in [0.717, 1.165) is 52.0 Å². The van der Waals surface area contributed by atoms with Gasteiger partial charge in [0.25, 0.3) is 0 Å². The molecule has 0 aliphatic carbocycles. The van der Waals surface area contributed by atoms with Gasteiger partial charge in [0.2, 0.25) is 5.91 Å². The number of fused-ring (bicyclic) bond motifs is 2. The molecular weight excluding hydrogens is 314 g/mol. The van der Waals surface area contributed by atoms with Crippen LogP contribution in [0.1, 0.15) is 26.2 Å². The van der Waals surface area contributed by atoms with Crippen LogP contribution < -0.4 is 10.2 Å². The van der Waals surface area contributed by atoms with Crippen LogP contribution in [0.4, 0.5) is 5.69 Å². The SMILES string of the molecule is C[C@@H](CN1CCN(c2ccccc2)CC1)NC(=O)[C@@H]1C[C@H]2CC[C@H]1O2. The lowest BCUT2D eigenvalue weighted by atomic mass is 9.88. The summed E-state index contributed by atoms with van der Waals surface area (Å²) in [4.78, 5) is 17.4. The van der Waals surface area contributed by atoms with Crippen molar-refractivity contribution in [3.63, 3.8) is 0 Å². The maximum absolute atomic E-state index is 12.5. The Hall–Kier alpha value is -1.59. The van der Waals surface area contributed by atoms with Gasteiger partial charge >= 0.3 is 0 Å². The van der Waals surface area contributed by atoms with Crippen molar-refractivity contribution < 1.29 is 9.53 Å².